The van der Waals surface area contributed by atoms with E-state index in [-0.39, 0.29) is 30.3 Å². The molecule has 0 fully saturated rings. The second kappa shape index (κ2) is 13.1. The third kappa shape index (κ3) is 7.05. The van der Waals surface area contributed by atoms with E-state index < -0.39 is 28.5 Å². The van der Waals surface area contributed by atoms with Crippen LogP contribution in [0.25, 0.3) is 0 Å². The molecule has 0 bridgehead atoms. The summed E-state index contributed by atoms with van der Waals surface area (Å²) >= 11 is 6.07. The van der Waals surface area contributed by atoms with Crippen LogP contribution >= 0.6 is 11.6 Å². The summed E-state index contributed by atoms with van der Waals surface area (Å²) in [5.74, 6) is -0.226. The van der Waals surface area contributed by atoms with Crippen LogP contribution in [0.1, 0.15) is 18.1 Å². The van der Waals surface area contributed by atoms with E-state index in [9.17, 15) is 18.0 Å². The molecule has 4 rings (SSSR count). The Bertz CT molecular complexity index is 1430. The maximum Gasteiger partial charge on any atom is 0.244 e. The lowest BCUT2D eigenvalue weighted by atomic mass is 10.0. The fourth-order valence-corrected chi connectivity index (χ4v) is 5.59. The number of nitrogens with one attached hydrogen (secondary N) is 1. The zero-order chi connectivity index (χ0) is 28.7. The number of sulfonamides is 1. The summed E-state index contributed by atoms with van der Waals surface area (Å²) < 4.78 is 38.8. The molecule has 3 aromatic carbocycles. The molecule has 1 heterocycles. The molecule has 1 unspecified atom stereocenters. The first kappa shape index (κ1) is 29.2. The number of hydrogen-bond donors (Lipinski definition) is 1. The van der Waals surface area contributed by atoms with Gasteiger partial charge in [0, 0.05) is 31.1 Å². The Labute approximate surface area is 239 Å². The number of anilines is 1. The van der Waals surface area contributed by atoms with Crippen molar-refractivity contribution in [1.82, 2.24) is 10.2 Å². The van der Waals surface area contributed by atoms with Crippen LogP contribution in [0.2, 0.25) is 5.02 Å². The molecule has 40 heavy (non-hydrogen) atoms. The van der Waals surface area contributed by atoms with Crippen LogP contribution in [0.15, 0.2) is 72.8 Å². The van der Waals surface area contributed by atoms with Gasteiger partial charge in [-0.25, -0.2) is 8.42 Å². The van der Waals surface area contributed by atoms with Crippen molar-refractivity contribution in [3.05, 3.63) is 88.9 Å². The number of benzene rings is 3. The van der Waals surface area contributed by atoms with Crippen molar-refractivity contribution in [2.45, 2.75) is 25.9 Å². The average Bonchev–Trinajstić information content (AvgIpc) is 2.98. The third-order valence-electron chi connectivity index (χ3n) is 6.58. The molecule has 0 saturated heterocycles. The highest BCUT2D eigenvalue weighted by Crippen LogP contribution is 2.35. The minimum Gasteiger partial charge on any atom is -0.486 e. The summed E-state index contributed by atoms with van der Waals surface area (Å²) in [6.45, 7) is 1.80. The normalized spacial score (nSPS) is 13.3. The minimum atomic E-state index is -3.89. The monoisotopic (exact) mass is 585 g/mol. The number of amides is 2. The zero-order valence-corrected chi connectivity index (χ0v) is 24.0. The Morgan fingerprint density at radius 1 is 0.950 bits per heavy atom. The number of halogens is 1. The summed E-state index contributed by atoms with van der Waals surface area (Å²) in [5, 5.41) is 3.19. The Morgan fingerprint density at radius 2 is 1.62 bits per heavy atom. The van der Waals surface area contributed by atoms with E-state index in [1.807, 2.05) is 30.3 Å². The molecule has 0 aromatic heterocycles. The fraction of sp³-hybridized carbons (Fsp3) is 0.310. The summed E-state index contributed by atoms with van der Waals surface area (Å²) in [6, 6.07) is 20.2. The second-order valence-corrected chi connectivity index (χ2v) is 11.8. The molecule has 1 aliphatic heterocycles. The molecule has 3 aromatic rings. The summed E-state index contributed by atoms with van der Waals surface area (Å²) in [7, 11) is -2.38. The predicted octanol–water partition coefficient (Wildman–Crippen LogP) is 3.65. The number of carbonyl (C=O) groups excluding carboxylic acids is 2. The van der Waals surface area contributed by atoms with Crippen LogP contribution in [0.4, 0.5) is 5.69 Å². The van der Waals surface area contributed by atoms with Gasteiger partial charge in [-0.2, -0.15) is 0 Å². The van der Waals surface area contributed by atoms with E-state index >= 15 is 0 Å². The van der Waals surface area contributed by atoms with Crippen LogP contribution in [-0.4, -0.2) is 63.7 Å². The summed E-state index contributed by atoms with van der Waals surface area (Å²) in [5.41, 5.74) is 1.87. The lowest BCUT2D eigenvalue weighted by molar-refractivity contribution is -0.139. The molecule has 1 atom stereocenters. The molecule has 0 spiro atoms. The second-order valence-electron chi connectivity index (χ2n) is 9.20. The smallest absolute Gasteiger partial charge is 0.244 e. The predicted molar refractivity (Wildman–Crippen MR) is 154 cm³/mol. The molecule has 212 valence electrons. The standard InChI is InChI=1S/C29H32ClN3O6S/c1-3-40(36,37)33(24-13-14-26-27(18-24)39-16-15-38-26)20-28(34)32(19-22-9-11-23(30)12-10-22)25(29(35)31-2)17-21-7-5-4-6-8-21/h4-14,18,25H,3,15-17,19-20H2,1-2H3,(H,31,35). The molecule has 9 nitrogen and oxygen atoms in total. The number of ether oxygens (including phenoxy) is 2. The first-order valence-corrected chi connectivity index (χ1v) is 14.9. The van der Waals surface area contributed by atoms with Crippen molar-refractivity contribution in [2.75, 3.05) is 36.9 Å². The molecule has 1 aliphatic rings. The van der Waals surface area contributed by atoms with Gasteiger partial charge in [0.1, 0.15) is 25.8 Å². The molecule has 0 saturated carbocycles. The molecule has 11 heteroatoms. The maximum atomic E-state index is 14.1. The van der Waals surface area contributed by atoms with Crippen LogP contribution in [0.5, 0.6) is 11.5 Å². The number of nitrogens with zero attached hydrogens (tertiary/aromatic N) is 2. The van der Waals surface area contributed by atoms with Gasteiger partial charge in [-0.1, -0.05) is 54.1 Å². The molecule has 0 radical (unpaired) electrons. The Kier molecular flexibility index (Phi) is 9.54. The van der Waals surface area contributed by atoms with Crippen molar-refractivity contribution < 1.29 is 27.5 Å². The van der Waals surface area contributed by atoms with Crippen LogP contribution in [0, 0.1) is 0 Å². The fourth-order valence-electron chi connectivity index (χ4n) is 4.41. The van der Waals surface area contributed by atoms with Crippen molar-refractivity contribution >= 4 is 39.1 Å². The maximum absolute atomic E-state index is 14.1. The number of likely N-dealkylation sites (N-methyl/N-ethyl adjacent to an activating group) is 1. The highest BCUT2D eigenvalue weighted by Gasteiger charge is 2.33. The Balaban J connectivity index is 1.72. The number of carbonyl (C=O) groups is 2. The SMILES string of the molecule is CCS(=O)(=O)N(CC(=O)N(Cc1ccc(Cl)cc1)C(Cc1ccccc1)C(=O)NC)c1ccc2c(c1)OCCO2. The third-order valence-corrected chi connectivity index (χ3v) is 8.57. The van der Waals surface area contributed by atoms with Gasteiger partial charge in [-0.3, -0.25) is 13.9 Å². The molecule has 2 amide bonds. The lowest BCUT2D eigenvalue weighted by Gasteiger charge is -2.33. The molecular weight excluding hydrogens is 554 g/mol. The average molecular weight is 586 g/mol. The van der Waals surface area contributed by atoms with Gasteiger partial charge in [-0.15, -0.1) is 0 Å². The molecular formula is C29H32ClN3O6S. The first-order valence-electron chi connectivity index (χ1n) is 12.9. The summed E-state index contributed by atoms with van der Waals surface area (Å²) in [6.07, 6.45) is 0.240. The van der Waals surface area contributed by atoms with E-state index in [1.54, 1.807) is 42.5 Å². The van der Waals surface area contributed by atoms with Crippen molar-refractivity contribution in [3.8, 4) is 11.5 Å². The van der Waals surface area contributed by atoms with Gasteiger partial charge < -0.3 is 19.7 Å². The topological polar surface area (TPSA) is 105 Å². The minimum absolute atomic E-state index is 0.0715. The molecule has 0 aliphatic carbocycles. The van der Waals surface area contributed by atoms with Crippen LogP contribution in [-0.2, 0) is 32.6 Å². The van der Waals surface area contributed by atoms with Crippen LogP contribution < -0.4 is 19.1 Å². The highest BCUT2D eigenvalue weighted by atomic mass is 35.5. The Morgan fingerprint density at radius 3 is 2.27 bits per heavy atom. The van der Waals surface area contributed by atoms with Crippen molar-refractivity contribution in [3.63, 3.8) is 0 Å². The highest BCUT2D eigenvalue weighted by molar-refractivity contribution is 7.92. The largest absolute Gasteiger partial charge is 0.486 e. The number of hydrogen-bond acceptors (Lipinski definition) is 6. The lowest BCUT2D eigenvalue weighted by Crippen LogP contribution is -2.53. The zero-order valence-electron chi connectivity index (χ0n) is 22.4. The van der Waals surface area contributed by atoms with Crippen molar-refractivity contribution in [1.29, 1.82) is 0 Å². The van der Waals surface area contributed by atoms with Gasteiger partial charge in [0.2, 0.25) is 21.8 Å². The van der Waals surface area contributed by atoms with E-state index in [2.05, 4.69) is 5.32 Å². The van der Waals surface area contributed by atoms with Gasteiger partial charge >= 0.3 is 0 Å². The van der Waals surface area contributed by atoms with E-state index in [0.29, 0.717) is 29.7 Å². The van der Waals surface area contributed by atoms with Crippen LogP contribution in [0.3, 0.4) is 0 Å². The van der Waals surface area contributed by atoms with Gasteiger partial charge in [0.25, 0.3) is 0 Å². The van der Waals surface area contributed by atoms with E-state index in [1.165, 1.54) is 18.9 Å². The van der Waals surface area contributed by atoms with Gasteiger partial charge in [-0.05, 0) is 42.3 Å². The van der Waals surface area contributed by atoms with Crippen molar-refractivity contribution in [2.24, 2.45) is 0 Å². The number of rotatable bonds is 11. The first-order chi connectivity index (χ1) is 19.2. The van der Waals surface area contributed by atoms with Gasteiger partial charge in [0.05, 0.1) is 11.4 Å². The van der Waals surface area contributed by atoms with E-state index in [4.69, 9.17) is 21.1 Å². The quantitative estimate of drug-likeness (QED) is 0.368. The van der Waals surface area contributed by atoms with E-state index in [0.717, 1.165) is 15.4 Å². The molecule has 1 N–H and O–H groups in total. The number of fused-ring (bicyclic) bond motifs is 1. The van der Waals surface area contributed by atoms with Gasteiger partial charge in [0.15, 0.2) is 11.5 Å². The summed E-state index contributed by atoms with van der Waals surface area (Å²) in [4.78, 5) is 28.7. The Hall–Kier alpha value is -3.76.